The average Bonchev–Trinajstić information content (AvgIpc) is 3.45. The van der Waals surface area contributed by atoms with E-state index in [0.29, 0.717) is 17.0 Å². The Kier molecular flexibility index (Phi) is 4.51. The lowest BCUT2D eigenvalue weighted by molar-refractivity contribution is 0.0933. The summed E-state index contributed by atoms with van der Waals surface area (Å²) in [5, 5.41) is 5.95. The molecule has 1 N–H and O–H groups in total. The maximum Gasteiger partial charge on any atom is 0.271 e. The summed E-state index contributed by atoms with van der Waals surface area (Å²) >= 11 is 1.54. The van der Waals surface area contributed by atoms with Crippen molar-refractivity contribution in [1.29, 1.82) is 0 Å². The van der Waals surface area contributed by atoms with E-state index in [9.17, 15) is 4.79 Å². The molecule has 1 fully saturated rings. The van der Waals surface area contributed by atoms with Crippen LogP contribution in [0, 0.1) is 6.92 Å². The second-order valence-electron chi connectivity index (χ2n) is 7.50. The van der Waals surface area contributed by atoms with Gasteiger partial charge in [0.25, 0.3) is 5.91 Å². The van der Waals surface area contributed by atoms with Gasteiger partial charge in [-0.2, -0.15) is 0 Å². The zero-order chi connectivity index (χ0) is 20.0. The molecule has 0 atom stereocenters. The van der Waals surface area contributed by atoms with E-state index in [1.54, 1.807) is 7.11 Å². The van der Waals surface area contributed by atoms with E-state index in [2.05, 4.69) is 5.32 Å². The number of nitrogens with one attached hydrogen (secondary N) is 1. The number of thiazole rings is 1. The Balaban J connectivity index is 1.62. The molecule has 0 saturated heterocycles. The first-order valence-corrected chi connectivity index (χ1v) is 10.7. The number of hydrogen-bond acceptors (Lipinski definition) is 5. The van der Waals surface area contributed by atoms with Gasteiger partial charge in [0.1, 0.15) is 16.3 Å². The van der Waals surface area contributed by atoms with Gasteiger partial charge >= 0.3 is 0 Å². The van der Waals surface area contributed by atoms with Gasteiger partial charge < -0.3 is 14.5 Å². The monoisotopic (exact) mass is 406 g/mol. The van der Waals surface area contributed by atoms with Crippen LogP contribution in [0.1, 0.15) is 41.0 Å². The summed E-state index contributed by atoms with van der Waals surface area (Å²) in [6.07, 6.45) is 4.48. The topological polar surface area (TPSA) is 64.4 Å². The standard InChI is InChI=1S/C23H22N2O3S/c1-13-20(22(26)24-14-7-3-4-8-14)25-23(29-13)16-11-12-18(27-2)21-19(16)15-9-5-6-10-17(15)28-21/h5-6,9-12,14H,3-4,7-8H2,1-2H3,(H,24,26). The van der Waals surface area contributed by atoms with E-state index in [0.717, 1.165) is 44.6 Å². The van der Waals surface area contributed by atoms with Gasteiger partial charge in [0.05, 0.1) is 7.11 Å². The first-order chi connectivity index (χ1) is 14.2. The third-order valence-corrected chi connectivity index (χ3v) is 6.65. The second-order valence-corrected chi connectivity index (χ2v) is 8.70. The van der Waals surface area contributed by atoms with Crippen molar-refractivity contribution in [3.63, 3.8) is 0 Å². The molecule has 4 aromatic rings. The number of aromatic nitrogens is 1. The summed E-state index contributed by atoms with van der Waals surface area (Å²) in [5.41, 5.74) is 2.99. The van der Waals surface area contributed by atoms with E-state index >= 15 is 0 Å². The van der Waals surface area contributed by atoms with Gasteiger partial charge in [-0.3, -0.25) is 4.79 Å². The largest absolute Gasteiger partial charge is 0.493 e. The van der Waals surface area contributed by atoms with Crippen molar-refractivity contribution in [2.75, 3.05) is 7.11 Å². The zero-order valence-electron chi connectivity index (χ0n) is 16.5. The number of furan rings is 1. The van der Waals surface area contributed by atoms with Gasteiger partial charge in [0.15, 0.2) is 11.3 Å². The number of aryl methyl sites for hydroxylation is 1. The number of carbonyl (C=O) groups excluding carboxylic acids is 1. The Morgan fingerprint density at radius 3 is 2.79 bits per heavy atom. The molecule has 5 nitrogen and oxygen atoms in total. The Bertz CT molecular complexity index is 1220. The van der Waals surface area contributed by atoms with Crippen LogP contribution in [0.2, 0.25) is 0 Å². The van der Waals surface area contributed by atoms with E-state index in [4.69, 9.17) is 14.1 Å². The van der Waals surface area contributed by atoms with Crippen molar-refractivity contribution in [2.45, 2.75) is 38.6 Å². The molecule has 0 unspecified atom stereocenters. The number of ether oxygens (including phenoxy) is 1. The summed E-state index contributed by atoms with van der Waals surface area (Å²) in [7, 11) is 1.64. The van der Waals surface area contributed by atoms with Gasteiger partial charge in [-0.15, -0.1) is 11.3 Å². The maximum atomic E-state index is 12.8. The Labute approximate surface area is 172 Å². The van der Waals surface area contributed by atoms with Crippen molar-refractivity contribution in [3.05, 3.63) is 47.0 Å². The van der Waals surface area contributed by atoms with Crippen LogP contribution < -0.4 is 10.1 Å². The van der Waals surface area contributed by atoms with Crippen LogP contribution in [0.15, 0.2) is 40.8 Å². The summed E-state index contributed by atoms with van der Waals surface area (Å²) in [6.45, 7) is 1.96. The normalized spacial score (nSPS) is 14.7. The van der Waals surface area contributed by atoms with Crippen LogP contribution in [0.3, 0.4) is 0 Å². The van der Waals surface area contributed by atoms with Crippen LogP contribution >= 0.6 is 11.3 Å². The fraction of sp³-hybridized carbons (Fsp3) is 0.304. The third-order valence-electron chi connectivity index (χ3n) is 5.64. The van der Waals surface area contributed by atoms with Crippen LogP contribution in [-0.2, 0) is 0 Å². The molecule has 6 heteroatoms. The molecule has 1 amide bonds. The second kappa shape index (κ2) is 7.19. The summed E-state index contributed by atoms with van der Waals surface area (Å²) in [4.78, 5) is 18.4. The molecule has 1 aliphatic carbocycles. The summed E-state index contributed by atoms with van der Waals surface area (Å²) in [5.74, 6) is 0.617. The average molecular weight is 407 g/mol. The van der Waals surface area contributed by atoms with Crippen molar-refractivity contribution in [3.8, 4) is 16.3 Å². The molecule has 0 aliphatic heterocycles. The van der Waals surface area contributed by atoms with Crippen molar-refractivity contribution >= 4 is 39.2 Å². The predicted molar refractivity (Wildman–Crippen MR) is 116 cm³/mol. The number of rotatable bonds is 4. The van der Waals surface area contributed by atoms with E-state index < -0.39 is 0 Å². The smallest absolute Gasteiger partial charge is 0.271 e. The quantitative estimate of drug-likeness (QED) is 0.472. The number of nitrogens with zero attached hydrogens (tertiary/aromatic N) is 1. The highest BCUT2D eigenvalue weighted by Crippen LogP contribution is 2.42. The van der Waals surface area contributed by atoms with Gasteiger partial charge in [-0.05, 0) is 38.0 Å². The Morgan fingerprint density at radius 2 is 2.00 bits per heavy atom. The number of para-hydroxylation sites is 1. The third kappa shape index (κ3) is 3.08. The van der Waals surface area contributed by atoms with Gasteiger partial charge in [-0.1, -0.05) is 31.0 Å². The lowest BCUT2D eigenvalue weighted by Crippen LogP contribution is -2.33. The highest BCUT2D eigenvalue weighted by Gasteiger charge is 2.24. The first kappa shape index (κ1) is 18.2. The van der Waals surface area contributed by atoms with Crippen LogP contribution in [0.5, 0.6) is 5.75 Å². The summed E-state index contributed by atoms with van der Waals surface area (Å²) in [6, 6.07) is 12.1. The molecule has 2 aromatic heterocycles. The minimum Gasteiger partial charge on any atom is -0.493 e. The van der Waals surface area contributed by atoms with E-state index in [-0.39, 0.29) is 11.9 Å². The number of benzene rings is 2. The number of hydrogen-bond donors (Lipinski definition) is 1. The maximum absolute atomic E-state index is 12.8. The molecular formula is C23H22N2O3S. The number of fused-ring (bicyclic) bond motifs is 3. The van der Waals surface area contributed by atoms with Gasteiger partial charge in [0.2, 0.25) is 0 Å². The Morgan fingerprint density at radius 1 is 1.21 bits per heavy atom. The highest BCUT2D eigenvalue weighted by atomic mass is 32.1. The van der Waals surface area contributed by atoms with Crippen LogP contribution in [0.4, 0.5) is 0 Å². The molecule has 148 valence electrons. The number of amides is 1. The molecule has 5 rings (SSSR count). The van der Waals surface area contributed by atoms with Gasteiger partial charge in [-0.25, -0.2) is 4.98 Å². The molecule has 0 radical (unpaired) electrons. The lowest BCUT2D eigenvalue weighted by Gasteiger charge is -2.10. The fourth-order valence-corrected chi connectivity index (χ4v) is 5.13. The van der Waals surface area contributed by atoms with Gasteiger partial charge in [0, 0.05) is 27.3 Å². The molecule has 1 aliphatic rings. The van der Waals surface area contributed by atoms with E-state index in [1.807, 2.05) is 43.3 Å². The summed E-state index contributed by atoms with van der Waals surface area (Å²) < 4.78 is 11.6. The molecular weight excluding hydrogens is 384 g/mol. The van der Waals surface area contributed by atoms with Crippen molar-refractivity contribution in [1.82, 2.24) is 10.3 Å². The van der Waals surface area contributed by atoms with Crippen LogP contribution in [0.25, 0.3) is 32.5 Å². The molecule has 0 bridgehead atoms. The molecule has 1 saturated carbocycles. The van der Waals surface area contributed by atoms with E-state index in [1.165, 1.54) is 24.2 Å². The molecule has 0 spiro atoms. The number of carbonyl (C=O) groups is 1. The minimum absolute atomic E-state index is 0.0706. The molecule has 29 heavy (non-hydrogen) atoms. The molecule has 2 heterocycles. The van der Waals surface area contributed by atoms with Crippen LogP contribution in [-0.4, -0.2) is 24.0 Å². The number of methoxy groups -OCH3 is 1. The molecule has 2 aromatic carbocycles. The minimum atomic E-state index is -0.0706. The zero-order valence-corrected chi connectivity index (χ0v) is 17.3. The fourth-order valence-electron chi connectivity index (χ4n) is 4.19. The highest BCUT2D eigenvalue weighted by molar-refractivity contribution is 7.15. The lowest BCUT2D eigenvalue weighted by atomic mass is 10.1. The predicted octanol–water partition coefficient (Wildman–Crippen LogP) is 5.70. The first-order valence-electron chi connectivity index (χ1n) is 9.92. The SMILES string of the molecule is COc1ccc(-c2nc(C(=O)NC3CCCC3)c(C)s2)c2c1oc1ccccc12. The Hall–Kier alpha value is -2.86. The van der Waals surface area contributed by atoms with Crippen molar-refractivity contribution in [2.24, 2.45) is 0 Å². The van der Waals surface area contributed by atoms with Crippen molar-refractivity contribution < 1.29 is 13.9 Å².